The van der Waals surface area contributed by atoms with Gasteiger partial charge in [0, 0.05) is 25.7 Å². The third-order valence-corrected chi connectivity index (χ3v) is 11.2. The summed E-state index contributed by atoms with van der Waals surface area (Å²) in [6, 6.07) is 0. The number of aryl methyl sites for hydroxylation is 2. The molecule has 1 aromatic rings. The molecule has 0 aliphatic carbocycles. The van der Waals surface area contributed by atoms with Crippen LogP contribution in [0.2, 0.25) is 0 Å². The standard InChI is InChI=1S/C48H82NO10P/c1-8-10-12-13-14-15-16-17-18-19-20-23-27-31-43(50)32-30-36-47(51)55-39-44(40-57-60(53,54)56-38-37-49(5,6)7)58-48(52)35-29-25-22-21-24-28-34-46-42(4)41(3)45(59-46)33-26-11-9-2/h14-15,17-18,20,23,27,31,43-44,50H,8-13,16,19,21-22,24-26,28-30,32-40H2,1-7H3/p+1/b15-14-,18-17-,23-20-,31-27+/t43-,44-/m1/s1. The number of quaternary nitrogens is 1. The highest BCUT2D eigenvalue weighted by atomic mass is 31.2. The minimum atomic E-state index is -4.44. The summed E-state index contributed by atoms with van der Waals surface area (Å²) >= 11 is 0. The van der Waals surface area contributed by atoms with Crippen LogP contribution in [0.3, 0.4) is 0 Å². The monoisotopic (exact) mass is 865 g/mol. The third kappa shape index (κ3) is 30.3. The highest BCUT2D eigenvalue weighted by molar-refractivity contribution is 7.47. The number of ether oxygens (including phenoxy) is 2. The predicted octanol–water partition coefficient (Wildman–Crippen LogP) is 11.3. The average molecular weight is 865 g/mol. The number of nitrogens with zero attached hydrogens (tertiary/aromatic N) is 1. The van der Waals surface area contributed by atoms with Crippen LogP contribution in [-0.2, 0) is 45.5 Å². The van der Waals surface area contributed by atoms with Crippen molar-refractivity contribution < 1.29 is 51.6 Å². The van der Waals surface area contributed by atoms with Crippen LogP contribution < -0.4 is 0 Å². The maximum absolute atomic E-state index is 12.8. The number of phosphoric acid groups is 1. The van der Waals surface area contributed by atoms with Gasteiger partial charge >= 0.3 is 19.8 Å². The van der Waals surface area contributed by atoms with Crippen molar-refractivity contribution in [3.63, 3.8) is 0 Å². The van der Waals surface area contributed by atoms with E-state index in [0.717, 1.165) is 82.1 Å². The number of aliphatic hydroxyl groups is 1. The van der Waals surface area contributed by atoms with E-state index in [1.54, 1.807) is 12.2 Å². The van der Waals surface area contributed by atoms with Gasteiger partial charge in [-0.05, 0) is 82.8 Å². The summed E-state index contributed by atoms with van der Waals surface area (Å²) in [6.07, 6.45) is 33.1. The van der Waals surface area contributed by atoms with E-state index >= 15 is 0 Å². The molecule has 1 rings (SSSR count). The first-order chi connectivity index (χ1) is 28.7. The molecular formula is C48H83NO10P+. The lowest BCUT2D eigenvalue weighted by atomic mass is 10.0. The Bertz CT molecular complexity index is 1460. The summed E-state index contributed by atoms with van der Waals surface area (Å²) in [5.41, 5.74) is 2.58. The highest BCUT2D eigenvalue weighted by Crippen LogP contribution is 2.43. The topological polar surface area (TPSA) is 142 Å². The molecule has 1 heterocycles. The molecule has 0 amide bonds. The molecule has 0 saturated heterocycles. The van der Waals surface area contributed by atoms with Gasteiger partial charge in [0.1, 0.15) is 31.3 Å². The SMILES string of the molecule is CCCCC/C=C\C/C=C\C/C=C\C=C\[C@@H](O)CCCC(=O)OC[C@H](COP(=O)(O)OCC[N+](C)(C)C)OC(=O)CCCCCCCCc1oc(CCCCC)c(C)c1C. The number of rotatable bonds is 37. The first kappa shape index (κ1) is 55.2. The molecule has 0 spiro atoms. The zero-order valence-electron chi connectivity index (χ0n) is 38.5. The fourth-order valence-electron chi connectivity index (χ4n) is 6.24. The van der Waals surface area contributed by atoms with E-state index in [1.807, 2.05) is 33.3 Å². The number of unbranched alkanes of at least 4 members (excludes halogenated alkanes) is 10. The summed E-state index contributed by atoms with van der Waals surface area (Å²) in [6.45, 7) is 8.39. The van der Waals surface area contributed by atoms with Gasteiger partial charge in [-0.25, -0.2) is 4.57 Å². The molecule has 0 radical (unpaired) electrons. The van der Waals surface area contributed by atoms with Crippen LogP contribution in [0, 0.1) is 13.8 Å². The summed E-state index contributed by atoms with van der Waals surface area (Å²) in [7, 11) is 1.34. The van der Waals surface area contributed by atoms with E-state index in [-0.39, 0.29) is 26.1 Å². The van der Waals surface area contributed by atoms with E-state index in [1.165, 1.54) is 43.2 Å². The van der Waals surface area contributed by atoms with Gasteiger partial charge in [-0.1, -0.05) is 114 Å². The number of esters is 2. The molecule has 0 aromatic carbocycles. The van der Waals surface area contributed by atoms with Gasteiger partial charge in [-0.2, -0.15) is 0 Å². The quantitative estimate of drug-likeness (QED) is 0.0166. The van der Waals surface area contributed by atoms with Crippen molar-refractivity contribution >= 4 is 19.8 Å². The predicted molar refractivity (Wildman–Crippen MR) is 243 cm³/mol. The molecule has 0 aliphatic heterocycles. The molecule has 1 aromatic heterocycles. The Morgan fingerprint density at radius 1 is 0.717 bits per heavy atom. The number of carbonyl (C=O) groups excluding carboxylic acids is 2. The molecule has 2 N–H and O–H groups in total. The van der Waals surface area contributed by atoms with E-state index in [9.17, 15) is 24.2 Å². The van der Waals surface area contributed by atoms with Crippen molar-refractivity contribution in [1.29, 1.82) is 0 Å². The second-order valence-corrected chi connectivity index (χ2v) is 18.3. The highest BCUT2D eigenvalue weighted by Gasteiger charge is 2.27. The van der Waals surface area contributed by atoms with Crippen LogP contribution >= 0.6 is 7.82 Å². The van der Waals surface area contributed by atoms with Gasteiger partial charge < -0.3 is 28.4 Å². The van der Waals surface area contributed by atoms with E-state index < -0.39 is 38.6 Å². The second-order valence-electron chi connectivity index (χ2n) is 16.9. The zero-order valence-corrected chi connectivity index (χ0v) is 39.4. The lowest BCUT2D eigenvalue weighted by Crippen LogP contribution is -2.37. The first-order valence-corrected chi connectivity index (χ1v) is 24.3. The van der Waals surface area contributed by atoms with Crippen molar-refractivity contribution in [3.8, 4) is 0 Å². The van der Waals surface area contributed by atoms with Crippen LogP contribution in [0.25, 0.3) is 0 Å². The van der Waals surface area contributed by atoms with Crippen LogP contribution in [0.4, 0.5) is 0 Å². The maximum atomic E-state index is 12.8. The number of phosphoric ester groups is 1. The summed E-state index contributed by atoms with van der Waals surface area (Å²) in [5, 5.41) is 10.3. The van der Waals surface area contributed by atoms with E-state index in [0.29, 0.717) is 30.3 Å². The fourth-order valence-corrected chi connectivity index (χ4v) is 6.98. The molecule has 0 saturated carbocycles. The van der Waals surface area contributed by atoms with Crippen molar-refractivity contribution in [1.82, 2.24) is 0 Å². The lowest BCUT2D eigenvalue weighted by Gasteiger charge is -2.24. The Labute approximate surface area is 363 Å². The van der Waals surface area contributed by atoms with Gasteiger partial charge in [-0.3, -0.25) is 18.6 Å². The van der Waals surface area contributed by atoms with Crippen LogP contribution in [0.5, 0.6) is 0 Å². The number of carbonyl (C=O) groups is 2. The molecule has 1 unspecified atom stereocenters. The number of aliphatic hydroxyl groups excluding tert-OH is 1. The molecular weight excluding hydrogens is 781 g/mol. The van der Waals surface area contributed by atoms with E-state index in [2.05, 4.69) is 52.0 Å². The molecule has 11 nitrogen and oxygen atoms in total. The van der Waals surface area contributed by atoms with E-state index in [4.69, 9.17) is 22.9 Å². The van der Waals surface area contributed by atoms with Crippen molar-refractivity contribution in [2.75, 3.05) is 47.5 Å². The normalized spacial score (nSPS) is 14.5. The van der Waals surface area contributed by atoms with Gasteiger partial charge in [-0.15, -0.1) is 0 Å². The number of hydrogen-bond donors (Lipinski definition) is 2. The average Bonchev–Trinajstić information content (AvgIpc) is 3.46. The lowest BCUT2D eigenvalue weighted by molar-refractivity contribution is -0.870. The molecule has 60 heavy (non-hydrogen) atoms. The Morgan fingerprint density at radius 3 is 1.97 bits per heavy atom. The van der Waals surface area contributed by atoms with Crippen LogP contribution in [-0.4, -0.2) is 86.1 Å². The zero-order chi connectivity index (χ0) is 44.5. The second kappa shape index (κ2) is 33.8. The number of hydrogen-bond acceptors (Lipinski definition) is 9. The molecule has 0 aliphatic rings. The third-order valence-electron chi connectivity index (χ3n) is 10.2. The van der Waals surface area contributed by atoms with Crippen LogP contribution in [0.15, 0.2) is 53.0 Å². The largest absolute Gasteiger partial charge is 0.472 e. The number of likely N-dealkylation sites (N-methyl/N-ethyl adjacent to an activating group) is 1. The Morgan fingerprint density at radius 2 is 1.30 bits per heavy atom. The van der Waals surface area contributed by atoms with Gasteiger partial charge in [0.25, 0.3) is 0 Å². The first-order valence-electron chi connectivity index (χ1n) is 22.8. The molecule has 0 bridgehead atoms. The van der Waals surface area contributed by atoms with Crippen molar-refractivity contribution in [2.45, 2.75) is 175 Å². The minimum Gasteiger partial charge on any atom is -0.466 e. The molecule has 12 heteroatoms. The minimum absolute atomic E-state index is 0.00896. The van der Waals surface area contributed by atoms with Gasteiger partial charge in [0.2, 0.25) is 0 Å². The van der Waals surface area contributed by atoms with Gasteiger partial charge in [0.05, 0.1) is 33.9 Å². The summed E-state index contributed by atoms with van der Waals surface area (Å²) in [4.78, 5) is 35.6. The Kier molecular flexibility index (Phi) is 31.1. The fraction of sp³-hybridized carbons (Fsp3) is 0.708. The van der Waals surface area contributed by atoms with Crippen molar-refractivity contribution in [3.05, 3.63) is 71.3 Å². The van der Waals surface area contributed by atoms with Crippen LogP contribution in [0.1, 0.15) is 158 Å². The maximum Gasteiger partial charge on any atom is 0.472 e. The molecule has 344 valence electrons. The molecule has 3 atom stereocenters. The smallest absolute Gasteiger partial charge is 0.466 e. The summed E-state index contributed by atoms with van der Waals surface area (Å²) in [5.74, 6) is 1.22. The number of furan rings is 1. The van der Waals surface area contributed by atoms with Gasteiger partial charge in [0.15, 0.2) is 6.10 Å². The van der Waals surface area contributed by atoms with Crippen molar-refractivity contribution in [2.24, 2.45) is 0 Å². The molecule has 0 fully saturated rings. The number of allylic oxidation sites excluding steroid dienone is 7. The summed E-state index contributed by atoms with van der Waals surface area (Å²) < 4.78 is 40.5. The Balaban J connectivity index is 2.47. The Hall–Kier alpha value is -2.79.